The number of carboxylic acids is 1. The molecular formula is C11H9F3O3. The molecule has 0 saturated heterocycles. The van der Waals surface area contributed by atoms with Gasteiger partial charge in [-0.1, -0.05) is 0 Å². The molecule has 0 aliphatic rings. The highest BCUT2D eigenvalue weighted by Gasteiger charge is 2.31. The molecule has 1 aromatic rings. The number of rotatable bonds is 3. The Morgan fingerprint density at radius 1 is 1.29 bits per heavy atom. The predicted molar refractivity (Wildman–Crippen MR) is 52.8 cm³/mol. The lowest BCUT2D eigenvalue weighted by molar-refractivity contribution is -0.137. The molecule has 1 N–H and O–H groups in total. The van der Waals surface area contributed by atoms with E-state index in [1.165, 1.54) is 6.92 Å². The van der Waals surface area contributed by atoms with Crippen LogP contribution in [0.15, 0.2) is 18.2 Å². The number of carbonyl (C=O) groups excluding carboxylic acids is 1. The van der Waals surface area contributed by atoms with E-state index in [9.17, 15) is 22.8 Å². The fraction of sp³-hybridized carbons (Fsp3) is 0.273. The molecule has 0 spiro atoms. The number of hydrogen-bond donors (Lipinski definition) is 1. The van der Waals surface area contributed by atoms with Gasteiger partial charge >= 0.3 is 12.1 Å². The number of carbonyl (C=O) groups is 2. The molecule has 3 nitrogen and oxygen atoms in total. The van der Waals surface area contributed by atoms with Gasteiger partial charge in [-0.2, -0.15) is 13.2 Å². The van der Waals surface area contributed by atoms with Gasteiger partial charge in [0.1, 0.15) is 5.78 Å². The van der Waals surface area contributed by atoms with Gasteiger partial charge in [-0.3, -0.25) is 4.79 Å². The van der Waals surface area contributed by atoms with Gasteiger partial charge in [-0.25, -0.2) is 4.79 Å². The summed E-state index contributed by atoms with van der Waals surface area (Å²) in [7, 11) is 0. The fourth-order valence-corrected chi connectivity index (χ4v) is 1.39. The third-order valence-electron chi connectivity index (χ3n) is 2.10. The molecular weight excluding hydrogens is 237 g/mol. The number of Topliss-reactive ketones (excluding diaryl/α,β-unsaturated/α-hetero) is 1. The minimum absolute atomic E-state index is 0.125. The Labute approximate surface area is 94.9 Å². The zero-order valence-corrected chi connectivity index (χ0v) is 8.84. The molecule has 0 aromatic heterocycles. The molecule has 6 heteroatoms. The molecule has 0 bridgehead atoms. The van der Waals surface area contributed by atoms with Crippen molar-refractivity contribution in [3.8, 4) is 0 Å². The van der Waals surface area contributed by atoms with E-state index < -0.39 is 23.5 Å². The van der Waals surface area contributed by atoms with Gasteiger partial charge in [-0.05, 0) is 30.7 Å². The first kappa shape index (κ1) is 13.2. The van der Waals surface area contributed by atoms with Crippen molar-refractivity contribution in [3.63, 3.8) is 0 Å². The molecule has 0 aliphatic heterocycles. The average Bonchev–Trinajstić information content (AvgIpc) is 2.14. The van der Waals surface area contributed by atoms with Crippen LogP contribution in [0, 0.1) is 0 Å². The number of alkyl halides is 3. The van der Waals surface area contributed by atoms with Crippen LogP contribution >= 0.6 is 0 Å². The summed E-state index contributed by atoms with van der Waals surface area (Å²) in [6.07, 6.45) is -4.88. The molecule has 1 rings (SSSR count). The van der Waals surface area contributed by atoms with Crippen molar-refractivity contribution in [1.29, 1.82) is 0 Å². The summed E-state index contributed by atoms with van der Waals surface area (Å²) >= 11 is 0. The maximum atomic E-state index is 12.4. The molecule has 92 valence electrons. The first-order chi connectivity index (χ1) is 7.71. The van der Waals surface area contributed by atoms with Crippen LogP contribution in [0.1, 0.15) is 28.4 Å². The largest absolute Gasteiger partial charge is 0.478 e. The van der Waals surface area contributed by atoms with E-state index in [0.29, 0.717) is 12.1 Å². The highest BCUT2D eigenvalue weighted by molar-refractivity contribution is 5.91. The van der Waals surface area contributed by atoms with Crippen molar-refractivity contribution in [2.75, 3.05) is 0 Å². The monoisotopic (exact) mass is 246 g/mol. The van der Waals surface area contributed by atoms with Gasteiger partial charge in [0.25, 0.3) is 0 Å². The van der Waals surface area contributed by atoms with Gasteiger partial charge in [0.2, 0.25) is 0 Å². The number of carboxylic acid groups (broad SMARTS) is 1. The van der Waals surface area contributed by atoms with E-state index in [1.807, 2.05) is 0 Å². The van der Waals surface area contributed by atoms with E-state index in [1.54, 1.807) is 0 Å². The van der Waals surface area contributed by atoms with Crippen LogP contribution in [-0.2, 0) is 17.4 Å². The molecule has 0 radical (unpaired) electrons. The van der Waals surface area contributed by atoms with Crippen LogP contribution in [0.25, 0.3) is 0 Å². The summed E-state index contributed by atoms with van der Waals surface area (Å²) in [4.78, 5) is 21.6. The molecule has 0 saturated carbocycles. The van der Waals surface area contributed by atoms with Crippen LogP contribution in [0.5, 0.6) is 0 Å². The van der Waals surface area contributed by atoms with Crippen molar-refractivity contribution < 1.29 is 27.9 Å². The summed E-state index contributed by atoms with van der Waals surface area (Å²) in [5, 5.41) is 8.78. The van der Waals surface area contributed by atoms with Crippen molar-refractivity contribution in [2.24, 2.45) is 0 Å². The topological polar surface area (TPSA) is 54.4 Å². The normalized spacial score (nSPS) is 11.3. The number of aromatic carboxylic acids is 1. The van der Waals surface area contributed by atoms with Gasteiger partial charge in [0.15, 0.2) is 0 Å². The van der Waals surface area contributed by atoms with E-state index in [0.717, 1.165) is 6.07 Å². The van der Waals surface area contributed by atoms with E-state index in [-0.39, 0.29) is 17.5 Å². The first-order valence-corrected chi connectivity index (χ1v) is 4.64. The second kappa shape index (κ2) is 4.57. The number of halogens is 3. The molecule has 0 amide bonds. The lowest BCUT2D eigenvalue weighted by Crippen LogP contribution is -2.11. The maximum Gasteiger partial charge on any atom is 0.416 e. The van der Waals surface area contributed by atoms with Crippen LogP contribution in [-0.4, -0.2) is 16.9 Å². The zero-order valence-electron chi connectivity index (χ0n) is 8.84. The molecule has 0 heterocycles. The molecule has 0 atom stereocenters. The van der Waals surface area contributed by atoms with Crippen molar-refractivity contribution in [1.82, 2.24) is 0 Å². The highest BCUT2D eigenvalue weighted by atomic mass is 19.4. The van der Waals surface area contributed by atoms with E-state index in [4.69, 9.17) is 5.11 Å². The molecule has 0 fully saturated rings. The molecule has 17 heavy (non-hydrogen) atoms. The maximum absolute atomic E-state index is 12.4. The molecule has 0 aliphatic carbocycles. The lowest BCUT2D eigenvalue weighted by atomic mass is 9.99. The molecule has 1 aromatic carbocycles. The Morgan fingerprint density at radius 3 is 2.29 bits per heavy atom. The Bertz CT molecular complexity index is 464. The Balaban J connectivity index is 3.29. The SMILES string of the molecule is CC(=O)Cc1cc(C(F)(F)F)ccc1C(=O)O. The Morgan fingerprint density at radius 2 is 1.88 bits per heavy atom. The summed E-state index contributed by atoms with van der Waals surface area (Å²) in [6, 6.07) is 2.25. The average molecular weight is 246 g/mol. The summed E-state index contributed by atoms with van der Waals surface area (Å²) in [6.45, 7) is 1.19. The third-order valence-corrected chi connectivity index (χ3v) is 2.10. The summed E-state index contributed by atoms with van der Waals surface area (Å²) < 4.78 is 37.2. The number of ketones is 1. The van der Waals surface area contributed by atoms with Crippen LogP contribution in [0.4, 0.5) is 13.2 Å². The fourth-order valence-electron chi connectivity index (χ4n) is 1.39. The molecule has 0 unspecified atom stereocenters. The quantitative estimate of drug-likeness (QED) is 0.891. The zero-order chi connectivity index (χ0) is 13.2. The number of hydrogen-bond acceptors (Lipinski definition) is 2. The van der Waals surface area contributed by atoms with E-state index >= 15 is 0 Å². The smallest absolute Gasteiger partial charge is 0.416 e. The summed E-state index contributed by atoms with van der Waals surface area (Å²) in [5.41, 5.74) is -1.37. The van der Waals surface area contributed by atoms with Crippen molar-refractivity contribution >= 4 is 11.8 Å². The third kappa shape index (κ3) is 3.30. The van der Waals surface area contributed by atoms with Crippen LogP contribution in [0.2, 0.25) is 0 Å². The summed E-state index contributed by atoms with van der Waals surface area (Å²) in [5.74, 6) is -1.75. The van der Waals surface area contributed by atoms with Crippen molar-refractivity contribution in [2.45, 2.75) is 19.5 Å². The standard InChI is InChI=1S/C11H9F3O3/c1-6(15)4-7-5-8(11(12,13)14)2-3-9(7)10(16)17/h2-3,5H,4H2,1H3,(H,16,17). The minimum atomic E-state index is -4.55. The Hall–Kier alpha value is -1.85. The Kier molecular flexibility index (Phi) is 3.55. The van der Waals surface area contributed by atoms with Crippen LogP contribution in [0.3, 0.4) is 0 Å². The van der Waals surface area contributed by atoms with Gasteiger partial charge in [0, 0.05) is 6.42 Å². The highest BCUT2D eigenvalue weighted by Crippen LogP contribution is 2.30. The second-order valence-electron chi connectivity index (χ2n) is 3.55. The predicted octanol–water partition coefficient (Wildman–Crippen LogP) is 2.54. The van der Waals surface area contributed by atoms with Gasteiger partial charge in [0.05, 0.1) is 11.1 Å². The minimum Gasteiger partial charge on any atom is -0.478 e. The van der Waals surface area contributed by atoms with Crippen LogP contribution < -0.4 is 0 Å². The first-order valence-electron chi connectivity index (χ1n) is 4.64. The lowest BCUT2D eigenvalue weighted by Gasteiger charge is -2.10. The van der Waals surface area contributed by atoms with Gasteiger partial charge < -0.3 is 5.11 Å². The second-order valence-corrected chi connectivity index (χ2v) is 3.55. The number of benzene rings is 1. The van der Waals surface area contributed by atoms with Gasteiger partial charge in [-0.15, -0.1) is 0 Å². The van der Waals surface area contributed by atoms with E-state index in [2.05, 4.69) is 0 Å². The van der Waals surface area contributed by atoms with Crippen molar-refractivity contribution in [3.05, 3.63) is 34.9 Å².